The lowest BCUT2D eigenvalue weighted by atomic mass is 9.77. The third-order valence-corrected chi connectivity index (χ3v) is 6.90. The molecule has 2 aliphatic carbocycles. The zero-order valence-electron chi connectivity index (χ0n) is 18.0. The Hall–Kier alpha value is -0.255. The molecule has 4 nitrogen and oxygen atoms in total. The standard InChI is InChI=1S/C22H38BClO4/c1-22(2,3)26-19(25)15-14-18(24)23-27-20(16-10-6-4-7-11-16)21(28-23)17-12-8-5-9-13-17/h16-18,20-21H,4-15H2,1-3H3/t18-,20-,21-/m1/s1. The third kappa shape index (κ3) is 6.37. The minimum absolute atomic E-state index is 0.177. The fourth-order valence-corrected chi connectivity index (χ4v) is 5.36. The molecule has 0 radical (unpaired) electrons. The molecule has 0 bridgehead atoms. The smallest absolute Gasteiger partial charge is 0.460 e. The fourth-order valence-electron chi connectivity index (χ4n) is 5.14. The number of hydrogen-bond acceptors (Lipinski definition) is 4. The van der Waals surface area contributed by atoms with Crippen molar-refractivity contribution in [1.29, 1.82) is 0 Å². The van der Waals surface area contributed by atoms with Crippen molar-refractivity contribution in [3.8, 4) is 0 Å². The molecule has 0 unspecified atom stereocenters. The molecule has 3 rings (SSSR count). The quantitative estimate of drug-likeness (QED) is 0.319. The molecule has 3 fully saturated rings. The molecule has 160 valence electrons. The van der Waals surface area contributed by atoms with E-state index in [1.165, 1.54) is 64.2 Å². The lowest BCUT2D eigenvalue weighted by Gasteiger charge is -2.35. The van der Waals surface area contributed by atoms with Crippen LogP contribution in [0.4, 0.5) is 0 Å². The average molecular weight is 413 g/mol. The first-order valence-electron chi connectivity index (χ1n) is 11.5. The summed E-state index contributed by atoms with van der Waals surface area (Å²) in [5.41, 5.74) is -0.461. The van der Waals surface area contributed by atoms with Crippen molar-refractivity contribution in [2.45, 2.75) is 121 Å². The topological polar surface area (TPSA) is 44.8 Å². The second-order valence-corrected chi connectivity index (χ2v) is 10.6. The molecule has 6 heteroatoms. The first kappa shape index (κ1) is 22.4. The normalized spacial score (nSPS) is 29.1. The molecule has 0 aromatic heterocycles. The summed E-state index contributed by atoms with van der Waals surface area (Å²) in [6.07, 6.45) is 14.0. The van der Waals surface area contributed by atoms with Crippen LogP contribution >= 0.6 is 11.6 Å². The maximum atomic E-state index is 12.0. The summed E-state index contributed by atoms with van der Waals surface area (Å²) >= 11 is 6.65. The van der Waals surface area contributed by atoms with Crippen LogP contribution in [-0.4, -0.2) is 36.2 Å². The van der Waals surface area contributed by atoms with E-state index in [2.05, 4.69) is 0 Å². The predicted octanol–water partition coefficient (Wildman–Crippen LogP) is 5.69. The number of carbonyl (C=O) groups is 1. The van der Waals surface area contributed by atoms with Crippen LogP contribution in [0.25, 0.3) is 0 Å². The van der Waals surface area contributed by atoms with E-state index in [0.29, 0.717) is 24.7 Å². The second-order valence-electron chi connectivity index (χ2n) is 10.0. The summed E-state index contributed by atoms with van der Waals surface area (Å²) in [4.78, 5) is 12.0. The Balaban J connectivity index is 1.57. The summed E-state index contributed by atoms with van der Waals surface area (Å²) in [5, 5.41) is -0.313. The lowest BCUT2D eigenvalue weighted by molar-refractivity contribution is -0.154. The molecule has 0 aromatic rings. The number of halogens is 1. The Labute approximate surface area is 176 Å². The Morgan fingerprint density at radius 2 is 1.43 bits per heavy atom. The summed E-state index contributed by atoms with van der Waals surface area (Å²) in [7, 11) is -0.400. The van der Waals surface area contributed by atoms with Gasteiger partial charge in [-0.25, -0.2) is 0 Å². The fraction of sp³-hybridized carbons (Fsp3) is 0.955. The van der Waals surface area contributed by atoms with Gasteiger partial charge in [-0.2, -0.15) is 0 Å². The molecular weight excluding hydrogens is 375 g/mol. The Morgan fingerprint density at radius 3 is 1.86 bits per heavy atom. The van der Waals surface area contributed by atoms with E-state index in [9.17, 15) is 4.79 Å². The summed E-state index contributed by atoms with van der Waals surface area (Å²) in [6, 6.07) is 0. The van der Waals surface area contributed by atoms with Crippen molar-refractivity contribution in [2.24, 2.45) is 11.8 Å². The molecule has 0 N–H and O–H groups in total. The van der Waals surface area contributed by atoms with Crippen LogP contribution in [0.1, 0.15) is 97.8 Å². The van der Waals surface area contributed by atoms with E-state index in [4.69, 9.17) is 25.6 Å². The molecule has 3 atom stereocenters. The minimum atomic E-state index is -0.461. The maximum absolute atomic E-state index is 12.0. The first-order chi connectivity index (χ1) is 13.3. The van der Waals surface area contributed by atoms with Crippen molar-refractivity contribution in [3.63, 3.8) is 0 Å². The van der Waals surface area contributed by atoms with Gasteiger partial charge in [0.25, 0.3) is 0 Å². The van der Waals surface area contributed by atoms with E-state index in [1.807, 2.05) is 20.8 Å². The van der Waals surface area contributed by atoms with Gasteiger partial charge in [-0.1, -0.05) is 38.5 Å². The van der Waals surface area contributed by atoms with Gasteiger partial charge in [-0.15, -0.1) is 11.6 Å². The molecule has 0 amide bonds. The van der Waals surface area contributed by atoms with Crippen molar-refractivity contribution < 1.29 is 18.8 Å². The Kier molecular flexibility index (Phi) is 8.15. The molecule has 1 aliphatic heterocycles. The summed E-state index contributed by atoms with van der Waals surface area (Å²) < 4.78 is 18.3. The monoisotopic (exact) mass is 412 g/mol. The lowest BCUT2D eigenvalue weighted by Crippen LogP contribution is -2.38. The van der Waals surface area contributed by atoms with Gasteiger partial charge in [0.2, 0.25) is 0 Å². The van der Waals surface area contributed by atoms with Gasteiger partial charge in [0.15, 0.2) is 0 Å². The van der Waals surface area contributed by atoms with E-state index < -0.39 is 12.7 Å². The van der Waals surface area contributed by atoms with Crippen LogP contribution in [0.2, 0.25) is 0 Å². The Bertz CT molecular complexity index is 471. The largest absolute Gasteiger partial charge is 0.476 e. The van der Waals surface area contributed by atoms with Gasteiger partial charge in [0.05, 0.1) is 17.5 Å². The molecule has 2 saturated carbocycles. The van der Waals surface area contributed by atoms with Gasteiger partial charge >= 0.3 is 13.1 Å². The SMILES string of the molecule is CC(C)(C)OC(=O)CC[C@@H](Cl)B1O[C@H](C2CCCCC2)[C@@H](C2CCCCC2)O1. The number of esters is 1. The number of rotatable bonds is 6. The number of ether oxygens (including phenoxy) is 1. The second kappa shape index (κ2) is 10.2. The van der Waals surface area contributed by atoms with Crippen molar-refractivity contribution in [3.05, 3.63) is 0 Å². The summed E-state index contributed by atoms with van der Waals surface area (Å²) in [6.45, 7) is 5.65. The number of hydrogen-bond donors (Lipinski definition) is 0. The van der Waals surface area contributed by atoms with Crippen LogP contribution in [-0.2, 0) is 18.8 Å². The zero-order valence-corrected chi connectivity index (χ0v) is 18.7. The molecule has 28 heavy (non-hydrogen) atoms. The molecule has 0 aromatic carbocycles. The molecule has 1 saturated heterocycles. The van der Waals surface area contributed by atoms with Crippen LogP contribution in [0.3, 0.4) is 0 Å². The van der Waals surface area contributed by atoms with Gasteiger partial charge in [0, 0.05) is 6.42 Å². The van der Waals surface area contributed by atoms with Crippen LogP contribution in [0, 0.1) is 11.8 Å². The number of carbonyl (C=O) groups excluding carboxylic acids is 1. The van der Waals surface area contributed by atoms with Crippen molar-refractivity contribution in [1.82, 2.24) is 0 Å². The minimum Gasteiger partial charge on any atom is -0.460 e. The molecule has 0 spiro atoms. The van der Waals surface area contributed by atoms with Gasteiger partial charge in [0.1, 0.15) is 5.60 Å². The van der Waals surface area contributed by atoms with E-state index >= 15 is 0 Å². The highest BCUT2D eigenvalue weighted by atomic mass is 35.5. The Morgan fingerprint density at radius 1 is 0.964 bits per heavy atom. The van der Waals surface area contributed by atoms with Crippen LogP contribution < -0.4 is 0 Å². The third-order valence-electron chi connectivity index (χ3n) is 6.47. The van der Waals surface area contributed by atoms with Crippen molar-refractivity contribution >= 4 is 24.7 Å². The van der Waals surface area contributed by atoms with Crippen molar-refractivity contribution in [2.75, 3.05) is 0 Å². The van der Waals surface area contributed by atoms with E-state index in [0.717, 1.165) is 0 Å². The zero-order chi connectivity index (χ0) is 20.1. The van der Waals surface area contributed by atoms with Gasteiger partial charge < -0.3 is 14.0 Å². The highest BCUT2D eigenvalue weighted by Gasteiger charge is 2.49. The van der Waals surface area contributed by atoms with Gasteiger partial charge in [-0.3, -0.25) is 4.79 Å². The average Bonchev–Trinajstić information content (AvgIpc) is 3.12. The first-order valence-corrected chi connectivity index (χ1v) is 11.9. The highest BCUT2D eigenvalue weighted by molar-refractivity contribution is 6.59. The number of alkyl halides is 1. The van der Waals surface area contributed by atoms with E-state index in [1.54, 1.807) is 0 Å². The molecule has 3 aliphatic rings. The summed E-state index contributed by atoms with van der Waals surface area (Å²) in [5.74, 6) is 0.990. The van der Waals surface area contributed by atoms with Gasteiger partial charge in [-0.05, 0) is 64.7 Å². The predicted molar refractivity (Wildman–Crippen MR) is 113 cm³/mol. The van der Waals surface area contributed by atoms with Crippen LogP contribution in [0.15, 0.2) is 0 Å². The molecular formula is C22H38BClO4. The highest BCUT2D eigenvalue weighted by Crippen LogP contribution is 2.41. The van der Waals surface area contributed by atoms with E-state index in [-0.39, 0.29) is 23.5 Å². The molecule has 1 heterocycles. The van der Waals surface area contributed by atoms with Crippen LogP contribution in [0.5, 0.6) is 0 Å². The maximum Gasteiger partial charge on any atom is 0.476 e.